The van der Waals surface area contributed by atoms with Crippen molar-refractivity contribution in [3.8, 4) is 5.69 Å². The zero-order valence-corrected chi connectivity index (χ0v) is 16.1. The van der Waals surface area contributed by atoms with E-state index in [0.717, 1.165) is 16.0 Å². The van der Waals surface area contributed by atoms with Gasteiger partial charge in [-0.15, -0.1) is 0 Å². The molecule has 0 radical (unpaired) electrons. The molecule has 7 nitrogen and oxygen atoms in total. The van der Waals surface area contributed by atoms with Crippen LogP contribution in [0.4, 0.5) is 4.79 Å². The van der Waals surface area contributed by atoms with Gasteiger partial charge in [-0.25, -0.2) is 9.48 Å². The van der Waals surface area contributed by atoms with Crippen LogP contribution in [0.5, 0.6) is 0 Å². The van der Waals surface area contributed by atoms with Crippen LogP contribution in [0.1, 0.15) is 22.4 Å². The number of H-pyrrole nitrogens is 1. The van der Waals surface area contributed by atoms with E-state index in [1.807, 2.05) is 49.4 Å². The minimum atomic E-state index is -0.501. The molecule has 0 spiro atoms. The average Bonchev–Trinajstić information content (AvgIpc) is 3.15. The number of amides is 3. The number of hydrogen-bond acceptors (Lipinski definition) is 3. The maximum Gasteiger partial charge on any atom is 0.329 e. The van der Waals surface area contributed by atoms with E-state index in [1.54, 1.807) is 19.1 Å². The van der Waals surface area contributed by atoms with Crippen molar-refractivity contribution in [3.05, 3.63) is 93.0 Å². The smallest absolute Gasteiger partial charge is 0.303 e. The van der Waals surface area contributed by atoms with Gasteiger partial charge in [0.05, 0.1) is 17.8 Å². The lowest BCUT2D eigenvalue weighted by atomic mass is 10.1. The lowest BCUT2D eigenvalue weighted by Crippen LogP contribution is -2.30. The molecule has 2 N–H and O–H groups in total. The Morgan fingerprint density at radius 2 is 1.62 bits per heavy atom. The van der Waals surface area contributed by atoms with Crippen LogP contribution in [0.25, 0.3) is 11.8 Å². The van der Waals surface area contributed by atoms with Crippen LogP contribution in [0, 0.1) is 13.8 Å². The molecule has 1 aliphatic heterocycles. The minimum absolute atomic E-state index is 0.0847. The first kappa shape index (κ1) is 18.5. The van der Waals surface area contributed by atoms with E-state index >= 15 is 0 Å². The number of nitrogens with zero attached hydrogens (tertiary/aromatic N) is 2. The lowest BCUT2D eigenvalue weighted by molar-refractivity contribution is -0.123. The summed E-state index contributed by atoms with van der Waals surface area (Å²) in [6, 6.07) is 16.3. The molecular formula is C22H20N4O3. The van der Waals surface area contributed by atoms with Crippen molar-refractivity contribution in [1.82, 2.24) is 20.0 Å². The number of aromatic nitrogens is 2. The van der Waals surface area contributed by atoms with E-state index in [1.165, 1.54) is 10.8 Å². The van der Waals surface area contributed by atoms with E-state index in [2.05, 4.69) is 10.4 Å². The van der Waals surface area contributed by atoms with Gasteiger partial charge < -0.3 is 5.32 Å². The molecule has 3 amide bonds. The van der Waals surface area contributed by atoms with Gasteiger partial charge in [0.1, 0.15) is 5.70 Å². The molecule has 0 bridgehead atoms. The molecule has 0 unspecified atom stereocenters. The molecule has 0 atom stereocenters. The SMILES string of the molecule is Cc1ccc(CN2C(=O)N/C(=C\c3c(C)[nH]n(-c4ccccc4)c3=O)C2=O)cc1. The van der Waals surface area contributed by atoms with Gasteiger partial charge in [-0.2, -0.15) is 0 Å². The Kier molecular flexibility index (Phi) is 4.64. The van der Waals surface area contributed by atoms with Crippen molar-refractivity contribution in [2.24, 2.45) is 0 Å². The van der Waals surface area contributed by atoms with Crippen molar-refractivity contribution >= 4 is 18.0 Å². The average molecular weight is 388 g/mol. The van der Waals surface area contributed by atoms with Crippen LogP contribution in [0.2, 0.25) is 0 Å². The first-order valence-electron chi connectivity index (χ1n) is 9.21. The first-order valence-corrected chi connectivity index (χ1v) is 9.21. The van der Waals surface area contributed by atoms with Crippen molar-refractivity contribution in [1.29, 1.82) is 0 Å². The predicted molar refractivity (Wildman–Crippen MR) is 109 cm³/mol. The van der Waals surface area contributed by atoms with Crippen LogP contribution in [0.3, 0.4) is 0 Å². The summed E-state index contributed by atoms with van der Waals surface area (Å²) in [7, 11) is 0. The highest BCUT2D eigenvalue weighted by molar-refractivity contribution is 6.13. The van der Waals surface area contributed by atoms with E-state index in [-0.39, 0.29) is 17.8 Å². The maximum atomic E-state index is 12.8. The molecule has 29 heavy (non-hydrogen) atoms. The Bertz CT molecular complexity index is 1170. The van der Waals surface area contributed by atoms with Gasteiger partial charge >= 0.3 is 6.03 Å². The summed E-state index contributed by atoms with van der Waals surface area (Å²) < 4.78 is 1.41. The number of hydrogen-bond donors (Lipinski definition) is 2. The molecule has 2 aromatic carbocycles. The molecule has 1 aromatic heterocycles. The molecule has 3 aromatic rings. The zero-order valence-electron chi connectivity index (χ0n) is 16.1. The Balaban J connectivity index is 1.63. The number of nitrogens with one attached hydrogen (secondary N) is 2. The third-order valence-electron chi connectivity index (χ3n) is 4.84. The van der Waals surface area contributed by atoms with E-state index < -0.39 is 11.9 Å². The third kappa shape index (κ3) is 3.50. The third-order valence-corrected chi connectivity index (χ3v) is 4.84. The summed E-state index contributed by atoms with van der Waals surface area (Å²) in [6.07, 6.45) is 1.43. The fourth-order valence-corrected chi connectivity index (χ4v) is 3.22. The second kappa shape index (κ2) is 7.27. The number of imide groups is 1. The molecule has 0 saturated carbocycles. The summed E-state index contributed by atoms with van der Waals surface area (Å²) >= 11 is 0. The summed E-state index contributed by atoms with van der Waals surface area (Å²) in [4.78, 5) is 39.0. The summed E-state index contributed by atoms with van der Waals surface area (Å²) in [5, 5.41) is 5.58. The monoisotopic (exact) mass is 388 g/mol. The first-order chi connectivity index (χ1) is 13.9. The van der Waals surface area contributed by atoms with Crippen LogP contribution in [-0.4, -0.2) is 26.6 Å². The van der Waals surface area contributed by atoms with Gasteiger partial charge in [-0.3, -0.25) is 19.6 Å². The largest absolute Gasteiger partial charge is 0.329 e. The standard InChI is InChI=1S/C22H20N4O3/c1-14-8-10-16(11-9-14)13-25-21(28)19(23-22(25)29)12-18-15(2)24-26(20(18)27)17-6-4-3-5-7-17/h3-12,24H,13H2,1-2H3,(H,23,29)/b19-12-. The second-order valence-electron chi connectivity index (χ2n) is 6.99. The Hall–Kier alpha value is -3.87. The van der Waals surface area contributed by atoms with Crippen LogP contribution in [0.15, 0.2) is 65.1 Å². The Morgan fingerprint density at radius 1 is 0.931 bits per heavy atom. The molecule has 1 fully saturated rings. The molecule has 2 heterocycles. The van der Waals surface area contributed by atoms with E-state index in [9.17, 15) is 14.4 Å². The normalized spacial score (nSPS) is 15.2. The number of urea groups is 1. The highest BCUT2D eigenvalue weighted by Gasteiger charge is 2.34. The molecule has 4 rings (SSSR count). The lowest BCUT2D eigenvalue weighted by Gasteiger charge is -2.11. The molecule has 146 valence electrons. The van der Waals surface area contributed by atoms with Gasteiger partial charge in [-0.05, 0) is 37.6 Å². The van der Waals surface area contributed by atoms with Crippen molar-refractivity contribution in [2.75, 3.05) is 0 Å². The van der Waals surface area contributed by atoms with Gasteiger partial charge in [0, 0.05) is 5.69 Å². The Morgan fingerprint density at radius 3 is 2.31 bits per heavy atom. The van der Waals surface area contributed by atoms with E-state index in [0.29, 0.717) is 16.9 Å². The van der Waals surface area contributed by atoms with Gasteiger partial charge in [0.2, 0.25) is 0 Å². The van der Waals surface area contributed by atoms with Crippen molar-refractivity contribution in [3.63, 3.8) is 0 Å². The van der Waals surface area contributed by atoms with Crippen LogP contribution >= 0.6 is 0 Å². The molecule has 0 aliphatic carbocycles. The fourth-order valence-electron chi connectivity index (χ4n) is 3.22. The number of carbonyl (C=O) groups excluding carboxylic acids is 2. The number of aryl methyl sites for hydroxylation is 2. The highest BCUT2D eigenvalue weighted by atomic mass is 16.2. The van der Waals surface area contributed by atoms with Crippen LogP contribution < -0.4 is 10.9 Å². The summed E-state index contributed by atoms with van der Waals surface area (Å²) in [5.74, 6) is -0.457. The second-order valence-corrected chi connectivity index (χ2v) is 6.99. The zero-order chi connectivity index (χ0) is 20.5. The number of aromatic amines is 1. The summed E-state index contributed by atoms with van der Waals surface area (Å²) in [5.41, 5.74) is 3.36. The summed E-state index contributed by atoms with van der Waals surface area (Å²) in [6.45, 7) is 3.89. The predicted octanol–water partition coefficient (Wildman–Crippen LogP) is 2.88. The number of carbonyl (C=O) groups is 2. The van der Waals surface area contributed by atoms with Gasteiger partial charge in [0.15, 0.2) is 0 Å². The minimum Gasteiger partial charge on any atom is -0.303 e. The van der Waals surface area contributed by atoms with E-state index in [4.69, 9.17) is 0 Å². The highest BCUT2D eigenvalue weighted by Crippen LogP contribution is 2.18. The maximum absolute atomic E-state index is 12.8. The molecule has 1 saturated heterocycles. The molecule has 7 heteroatoms. The topological polar surface area (TPSA) is 87.2 Å². The van der Waals surface area contributed by atoms with Crippen LogP contribution in [-0.2, 0) is 11.3 Å². The quantitative estimate of drug-likeness (QED) is 0.532. The van der Waals surface area contributed by atoms with Gasteiger partial charge in [0.25, 0.3) is 11.5 Å². The van der Waals surface area contributed by atoms with Crippen molar-refractivity contribution < 1.29 is 9.59 Å². The van der Waals surface area contributed by atoms with Crippen molar-refractivity contribution in [2.45, 2.75) is 20.4 Å². The van der Waals surface area contributed by atoms with Gasteiger partial charge in [-0.1, -0.05) is 48.0 Å². The molecule has 1 aliphatic rings. The number of para-hydroxylation sites is 1. The number of benzene rings is 2. The number of rotatable bonds is 4. The fraction of sp³-hybridized carbons (Fsp3) is 0.136. The molecular weight excluding hydrogens is 368 g/mol. The Labute approximate surface area is 167 Å².